The number of methoxy groups -OCH3 is 1. The Kier molecular flexibility index (Phi) is 12.1. The molecule has 0 aromatic heterocycles. The van der Waals surface area contributed by atoms with E-state index in [9.17, 15) is 44.4 Å². The summed E-state index contributed by atoms with van der Waals surface area (Å²) in [6.07, 6.45) is -5.86. The molecule has 3 aliphatic rings. The number of fused-ring (bicyclic) bond motifs is 3. The Labute approximate surface area is 304 Å². The Morgan fingerprint density at radius 3 is 2.36 bits per heavy atom. The number of hydrogen-bond donors (Lipinski definition) is 7. The number of aliphatic hydroxyl groups excluding tert-OH is 1. The van der Waals surface area contributed by atoms with Gasteiger partial charge in [0.05, 0.1) is 42.1 Å². The molecule has 1 amide bonds. The molecule has 288 valence electrons. The van der Waals surface area contributed by atoms with E-state index in [4.69, 9.17) is 29.4 Å². The number of amides is 1. The third-order valence-electron chi connectivity index (χ3n) is 9.57. The lowest BCUT2D eigenvalue weighted by Gasteiger charge is -2.43. The highest BCUT2D eigenvalue weighted by atomic mass is 16.7. The largest absolute Gasteiger partial charge is 0.507 e. The minimum absolute atomic E-state index is 0.0174. The smallest absolute Gasteiger partial charge is 0.305 e. The highest BCUT2D eigenvalue weighted by molar-refractivity contribution is 6.31. The van der Waals surface area contributed by atoms with Crippen molar-refractivity contribution in [1.82, 2.24) is 10.6 Å². The van der Waals surface area contributed by atoms with Crippen LogP contribution in [-0.4, -0.2) is 113 Å². The average molecular weight is 744 g/mol. The number of phenolic OH excluding ortho intramolecular Hbond substituents is 2. The second-order valence-electron chi connectivity index (χ2n) is 13.3. The predicted molar refractivity (Wildman–Crippen MR) is 182 cm³/mol. The Hall–Kier alpha value is -4.65. The highest BCUT2D eigenvalue weighted by Crippen LogP contribution is 2.52. The second-order valence-corrected chi connectivity index (χ2v) is 13.3. The van der Waals surface area contributed by atoms with Crippen molar-refractivity contribution in [2.75, 3.05) is 26.7 Å². The minimum atomic E-state index is -2.23. The third-order valence-corrected chi connectivity index (χ3v) is 9.57. The Morgan fingerprint density at radius 1 is 1.04 bits per heavy atom. The van der Waals surface area contributed by atoms with E-state index in [1.165, 1.54) is 39.2 Å². The molecular formula is C36H45N3O14. The van der Waals surface area contributed by atoms with Gasteiger partial charge in [-0.25, -0.2) is 0 Å². The number of carbonyl (C=O) groups excluding carboxylic acids is 5. The summed E-state index contributed by atoms with van der Waals surface area (Å²) in [5.74, 6) is -4.94. The van der Waals surface area contributed by atoms with Crippen LogP contribution in [0.3, 0.4) is 0 Å². The van der Waals surface area contributed by atoms with E-state index in [0.29, 0.717) is 6.42 Å². The van der Waals surface area contributed by atoms with Crippen molar-refractivity contribution in [3.05, 3.63) is 51.6 Å². The SMILES string of the molecule is COc1cccc2c1C(=O)c1c(O)c3c(c(O)c1C2=O)CC(O)(C(=O)NCCN)C[C@@H]3OC1CC(NCCCC(OC(C)=O)OC(C)=O)C(O)C(C)O1. The van der Waals surface area contributed by atoms with Gasteiger partial charge in [-0.1, -0.05) is 12.1 Å². The Balaban J connectivity index is 1.46. The first kappa shape index (κ1) is 39.6. The van der Waals surface area contributed by atoms with Crippen LogP contribution in [0.1, 0.15) is 95.5 Å². The quantitative estimate of drug-likeness (QED) is 0.0540. The zero-order valence-corrected chi connectivity index (χ0v) is 29.8. The lowest BCUT2D eigenvalue weighted by Crippen LogP contribution is -2.55. The molecule has 2 aromatic carbocycles. The maximum Gasteiger partial charge on any atom is 0.305 e. The summed E-state index contributed by atoms with van der Waals surface area (Å²) < 4.78 is 27.7. The van der Waals surface area contributed by atoms with Crippen LogP contribution < -0.4 is 21.1 Å². The number of rotatable bonds is 13. The molecule has 2 aliphatic carbocycles. The van der Waals surface area contributed by atoms with E-state index >= 15 is 0 Å². The highest BCUT2D eigenvalue weighted by Gasteiger charge is 2.50. The molecule has 5 rings (SSSR count). The number of aromatic hydroxyl groups is 2. The second kappa shape index (κ2) is 16.2. The van der Waals surface area contributed by atoms with Crippen molar-refractivity contribution in [3.8, 4) is 17.2 Å². The zero-order chi connectivity index (χ0) is 38.8. The molecule has 1 fully saturated rings. The standard InChI is InChI=1S/C36H45N3O14/c1-16-30(42)21(38-11-6-9-24(51-17(2)40)52-18(3)41)13-25(50-16)53-23-15-36(48,35(47)39-12-10-37)14-20-27(23)34(46)29-28(32(20)44)31(43)19-7-5-8-22(49-4)26(19)33(29)45/h5,7-8,16,21,23-25,30,38,42,44,46,48H,6,9-15,37H2,1-4H3,(H,39,47)/t16?,21?,23-,25?,30?,36?/m0/s1. The van der Waals surface area contributed by atoms with Gasteiger partial charge in [0.1, 0.15) is 22.8 Å². The lowest BCUT2D eigenvalue weighted by atomic mass is 9.72. The summed E-state index contributed by atoms with van der Waals surface area (Å²) >= 11 is 0. The van der Waals surface area contributed by atoms with Gasteiger partial charge in [0.15, 0.2) is 12.1 Å². The van der Waals surface area contributed by atoms with Crippen molar-refractivity contribution in [2.24, 2.45) is 5.73 Å². The van der Waals surface area contributed by atoms with Crippen molar-refractivity contribution in [3.63, 3.8) is 0 Å². The summed E-state index contributed by atoms with van der Waals surface area (Å²) in [5.41, 5.74) is 1.90. The van der Waals surface area contributed by atoms with Crippen LogP contribution in [0.5, 0.6) is 17.2 Å². The fourth-order valence-corrected chi connectivity index (χ4v) is 7.15. The molecule has 1 heterocycles. The molecule has 53 heavy (non-hydrogen) atoms. The average Bonchev–Trinajstić information content (AvgIpc) is 3.10. The zero-order valence-electron chi connectivity index (χ0n) is 29.8. The number of ketones is 2. The van der Waals surface area contributed by atoms with Gasteiger partial charge in [0.2, 0.25) is 12.1 Å². The molecule has 6 atom stereocenters. The van der Waals surface area contributed by atoms with E-state index in [1.54, 1.807) is 6.92 Å². The van der Waals surface area contributed by atoms with E-state index < -0.39 is 107 Å². The third kappa shape index (κ3) is 8.00. The summed E-state index contributed by atoms with van der Waals surface area (Å²) in [4.78, 5) is 63.9. The van der Waals surface area contributed by atoms with E-state index in [-0.39, 0.29) is 60.5 Å². The summed E-state index contributed by atoms with van der Waals surface area (Å²) in [5, 5.41) is 51.9. The van der Waals surface area contributed by atoms with Crippen LogP contribution in [0.4, 0.5) is 0 Å². The van der Waals surface area contributed by atoms with E-state index in [0.717, 1.165) is 0 Å². The number of nitrogens with two attached hydrogens (primary N) is 1. The van der Waals surface area contributed by atoms with Gasteiger partial charge in [-0.05, 0) is 26.0 Å². The van der Waals surface area contributed by atoms with Gasteiger partial charge in [-0.15, -0.1) is 0 Å². The molecule has 1 saturated heterocycles. The Bertz CT molecular complexity index is 1770. The van der Waals surface area contributed by atoms with E-state index in [2.05, 4.69) is 10.6 Å². The molecule has 0 spiro atoms. The normalized spacial score (nSPS) is 24.9. The van der Waals surface area contributed by atoms with Crippen molar-refractivity contribution in [1.29, 1.82) is 0 Å². The van der Waals surface area contributed by atoms with Crippen LogP contribution in [0.25, 0.3) is 0 Å². The number of ether oxygens (including phenoxy) is 5. The minimum Gasteiger partial charge on any atom is -0.507 e. The maximum absolute atomic E-state index is 14.0. The number of benzene rings is 2. The van der Waals surface area contributed by atoms with Crippen molar-refractivity contribution >= 4 is 29.4 Å². The van der Waals surface area contributed by atoms with Crippen molar-refractivity contribution < 1.29 is 68.1 Å². The molecule has 1 aliphatic heterocycles. The fourth-order valence-electron chi connectivity index (χ4n) is 7.15. The maximum atomic E-state index is 14.0. The van der Waals surface area contributed by atoms with Gasteiger partial charge < -0.3 is 60.5 Å². The van der Waals surface area contributed by atoms with Crippen LogP contribution in [0.15, 0.2) is 18.2 Å². The van der Waals surface area contributed by atoms with Crippen LogP contribution in [0, 0.1) is 0 Å². The molecule has 17 nitrogen and oxygen atoms in total. The molecule has 0 bridgehead atoms. The molecule has 0 radical (unpaired) electrons. The summed E-state index contributed by atoms with van der Waals surface area (Å²) in [6.45, 7) is 4.35. The fraction of sp³-hybridized carbons (Fsp3) is 0.528. The van der Waals surface area contributed by atoms with Crippen LogP contribution >= 0.6 is 0 Å². The van der Waals surface area contributed by atoms with Gasteiger partial charge in [0.25, 0.3) is 5.91 Å². The monoisotopic (exact) mass is 743 g/mol. The molecular weight excluding hydrogens is 698 g/mol. The van der Waals surface area contributed by atoms with Gasteiger partial charge >= 0.3 is 11.9 Å². The number of carbonyl (C=O) groups is 5. The Morgan fingerprint density at radius 2 is 1.72 bits per heavy atom. The number of nitrogens with one attached hydrogen (secondary N) is 2. The number of hydrogen-bond acceptors (Lipinski definition) is 16. The molecule has 17 heteroatoms. The summed E-state index contributed by atoms with van der Waals surface area (Å²) in [6, 6.07) is 3.74. The molecule has 2 aromatic rings. The molecule has 8 N–H and O–H groups in total. The first-order valence-electron chi connectivity index (χ1n) is 17.3. The number of aliphatic hydroxyl groups is 2. The number of phenols is 2. The topological polar surface area (TPSA) is 262 Å². The molecule has 0 saturated carbocycles. The lowest BCUT2D eigenvalue weighted by molar-refractivity contribution is -0.249. The first-order chi connectivity index (χ1) is 25.1. The number of esters is 2. The van der Waals surface area contributed by atoms with Gasteiger partial charge in [-0.2, -0.15) is 0 Å². The van der Waals surface area contributed by atoms with Crippen LogP contribution in [0.2, 0.25) is 0 Å². The summed E-state index contributed by atoms with van der Waals surface area (Å²) in [7, 11) is 1.32. The van der Waals surface area contributed by atoms with Crippen LogP contribution in [-0.2, 0) is 39.8 Å². The van der Waals surface area contributed by atoms with Crippen molar-refractivity contribution in [2.45, 2.75) is 95.4 Å². The van der Waals surface area contributed by atoms with E-state index in [1.807, 2.05) is 0 Å². The van der Waals surface area contributed by atoms with Gasteiger partial charge in [-0.3, -0.25) is 24.0 Å². The van der Waals surface area contributed by atoms with Gasteiger partial charge in [0, 0.05) is 75.4 Å². The molecule has 5 unspecified atom stereocenters. The predicted octanol–water partition coefficient (Wildman–Crippen LogP) is 0.378. The first-order valence-corrected chi connectivity index (χ1v) is 17.3.